The highest BCUT2D eigenvalue weighted by Crippen LogP contribution is 2.36. The lowest BCUT2D eigenvalue weighted by Gasteiger charge is -2.20. The molecule has 4 heteroatoms. The van der Waals surface area contributed by atoms with Gasteiger partial charge in [0.05, 0.1) is 0 Å². The molecule has 0 atom stereocenters. The van der Waals surface area contributed by atoms with E-state index in [1.807, 2.05) is 0 Å². The summed E-state index contributed by atoms with van der Waals surface area (Å²) in [5.74, 6) is -1.91. The highest BCUT2D eigenvalue weighted by molar-refractivity contribution is 5.44. The summed E-state index contributed by atoms with van der Waals surface area (Å²) in [6.07, 6.45) is 0. The number of halogens is 2. The Balaban J connectivity index is 2.39. The third-order valence-electron chi connectivity index (χ3n) is 2.05. The predicted molar refractivity (Wildman–Crippen MR) is 47.0 cm³/mol. The van der Waals surface area contributed by atoms with Crippen molar-refractivity contribution in [2.75, 3.05) is 13.2 Å². The van der Waals surface area contributed by atoms with Gasteiger partial charge in [-0.25, -0.2) is 8.78 Å². The summed E-state index contributed by atoms with van der Waals surface area (Å²) in [4.78, 5) is 0. The summed E-state index contributed by atoms with van der Waals surface area (Å²) in [5.41, 5.74) is -0.0539. The van der Waals surface area contributed by atoms with Gasteiger partial charge in [0.2, 0.25) is 0 Å². The Labute approximate surface area is 80.4 Å². The Morgan fingerprint density at radius 2 is 1.79 bits per heavy atom. The minimum absolute atomic E-state index is 0.0539. The fourth-order valence-corrected chi connectivity index (χ4v) is 1.32. The van der Waals surface area contributed by atoms with Crippen LogP contribution in [0.1, 0.15) is 12.5 Å². The van der Waals surface area contributed by atoms with Crippen LogP contribution in [0.5, 0.6) is 11.5 Å². The average Bonchev–Trinajstić information content (AvgIpc) is 2.16. The van der Waals surface area contributed by atoms with Crippen molar-refractivity contribution >= 4 is 0 Å². The molecule has 76 valence electrons. The molecule has 14 heavy (non-hydrogen) atoms. The maximum atomic E-state index is 12.9. The molecule has 0 bridgehead atoms. The summed E-state index contributed by atoms with van der Waals surface area (Å²) < 4.78 is 36.3. The van der Waals surface area contributed by atoms with Gasteiger partial charge in [0.25, 0.3) is 5.92 Å². The van der Waals surface area contributed by atoms with Gasteiger partial charge in [-0.15, -0.1) is 0 Å². The van der Waals surface area contributed by atoms with Crippen molar-refractivity contribution in [1.82, 2.24) is 0 Å². The molecule has 0 spiro atoms. The van der Waals surface area contributed by atoms with Crippen LogP contribution in [-0.2, 0) is 5.92 Å². The van der Waals surface area contributed by atoms with Crippen LogP contribution < -0.4 is 9.47 Å². The van der Waals surface area contributed by atoms with Crippen molar-refractivity contribution in [3.63, 3.8) is 0 Å². The topological polar surface area (TPSA) is 18.5 Å². The molecule has 0 saturated heterocycles. The quantitative estimate of drug-likeness (QED) is 0.693. The lowest BCUT2D eigenvalue weighted by Crippen LogP contribution is -2.16. The first kappa shape index (κ1) is 9.24. The molecule has 2 rings (SSSR count). The summed E-state index contributed by atoms with van der Waals surface area (Å²) in [5, 5.41) is 0. The zero-order chi connectivity index (χ0) is 10.2. The van der Waals surface area contributed by atoms with Gasteiger partial charge in [-0.1, -0.05) is 0 Å². The predicted octanol–water partition coefficient (Wildman–Crippen LogP) is 2.57. The Morgan fingerprint density at radius 3 is 2.43 bits per heavy atom. The molecule has 0 amide bonds. The third-order valence-corrected chi connectivity index (χ3v) is 2.05. The summed E-state index contributed by atoms with van der Waals surface area (Å²) in [7, 11) is 0. The minimum Gasteiger partial charge on any atom is -0.486 e. The van der Waals surface area contributed by atoms with E-state index in [0.717, 1.165) is 6.92 Å². The fourth-order valence-electron chi connectivity index (χ4n) is 1.32. The van der Waals surface area contributed by atoms with Crippen molar-refractivity contribution in [2.45, 2.75) is 12.8 Å². The molecule has 1 aromatic carbocycles. The van der Waals surface area contributed by atoms with E-state index in [1.165, 1.54) is 18.2 Å². The Morgan fingerprint density at radius 1 is 1.14 bits per heavy atom. The second-order valence-corrected chi connectivity index (χ2v) is 3.25. The van der Waals surface area contributed by atoms with Crippen LogP contribution >= 0.6 is 0 Å². The van der Waals surface area contributed by atoms with Crippen molar-refractivity contribution in [2.24, 2.45) is 0 Å². The molecule has 1 aromatic rings. The van der Waals surface area contributed by atoms with E-state index in [2.05, 4.69) is 0 Å². The van der Waals surface area contributed by atoms with Crippen LogP contribution in [0.4, 0.5) is 8.78 Å². The molecule has 1 aliphatic rings. The van der Waals surface area contributed by atoms with E-state index in [0.29, 0.717) is 24.7 Å². The lowest BCUT2D eigenvalue weighted by molar-refractivity contribution is 0.0169. The Bertz CT molecular complexity index is 344. The maximum Gasteiger partial charge on any atom is 0.270 e. The molecule has 0 fully saturated rings. The van der Waals surface area contributed by atoms with Gasteiger partial charge >= 0.3 is 0 Å². The molecule has 1 heterocycles. The molecule has 0 aliphatic carbocycles. The fraction of sp³-hybridized carbons (Fsp3) is 0.400. The summed E-state index contributed by atoms with van der Waals surface area (Å²) in [6.45, 7) is 1.74. The second-order valence-electron chi connectivity index (χ2n) is 3.25. The number of fused-ring (bicyclic) bond motifs is 1. The molecule has 1 aliphatic heterocycles. The molecule has 0 radical (unpaired) electrons. The normalized spacial score (nSPS) is 15.4. The van der Waals surface area contributed by atoms with Crippen molar-refractivity contribution in [3.05, 3.63) is 23.8 Å². The smallest absolute Gasteiger partial charge is 0.270 e. The van der Waals surface area contributed by atoms with Crippen LogP contribution in [0.2, 0.25) is 0 Å². The van der Waals surface area contributed by atoms with E-state index in [-0.39, 0.29) is 5.56 Å². The Kier molecular flexibility index (Phi) is 2.06. The van der Waals surface area contributed by atoms with E-state index in [9.17, 15) is 8.78 Å². The lowest BCUT2D eigenvalue weighted by atomic mass is 10.1. The van der Waals surface area contributed by atoms with Gasteiger partial charge in [0, 0.05) is 12.5 Å². The zero-order valence-electron chi connectivity index (χ0n) is 7.72. The van der Waals surface area contributed by atoms with Gasteiger partial charge in [-0.3, -0.25) is 0 Å². The minimum atomic E-state index is -2.84. The third kappa shape index (κ3) is 1.64. The van der Waals surface area contributed by atoms with Crippen molar-refractivity contribution in [1.29, 1.82) is 0 Å². The van der Waals surface area contributed by atoms with Crippen LogP contribution in [-0.4, -0.2) is 13.2 Å². The number of benzene rings is 1. The number of rotatable bonds is 1. The summed E-state index contributed by atoms with van der Waals surface area (Å²) in [6, 6.07) is 4.20. The SMILES string of the molecule is CC(F)(F)c1ccc2c(c1)OCCO2. The van der Waals surface area contributed by atoms with Crippen LogP contribution in [0.3, 0.4) is 0 Å². The second kappa shape index (κ2) is 3.12. The van der Waals surface area contributed by atoms with E-state index >= 15 is 0 Å². The first-order chi connectivity index (χ1) is 6.57. The number of alkyl halides is 2. The number of hydrogen-bond acceptors (Lipinski definition) is 2. The van der Waals surface area contributed by atoms with Gasteiger partial charge < -0.3 is 9.47 Å². The molecule has 2 nitrogen and oxygen atoms in total. The van der Waals surface area contributed by atoms with Crippen molar-refractivity contribution < 1.29 is 18.3 Å². The average molecular weight is 200 g/mol. The number of hydrogen-bond donors (Lipinski definition) is 0. The highest BCUT2D eigenvalue weighted by Gasteiger charge is 2.26. The van der Waals surface area contributed by atoms with Crippen molar-refractivity contribution in [3.8, 4) is 11.5 Å². The Hall–Kier alpha value is -1.32. The first-order valence-corrected chi connectivity index (χ1v) is 4.35. The van der Waals surface area contributed by atoms with Gasteiger partial charge in [0.15, 0.2) is 11.5 Å². The van der Waals surface area contributed by atoms with Crippen LogP contribution in [0, 0.1) is 0 Å². The van der Waals surface area contributed by atoms with E-state index in [1.54, 1.807) is 0 Å². The van der Waals surface area contributed by atoms with Gasteiger partial charge in [-0.05, 0) is 18.2 Å². The van der Waals surface area contributed by atoms with Gasteiger partial charge in [-0.2, -0.15) is 0 Å². The highest BCUT2D eigenvalue weighted by atomic mass is 19.3. The first-order valence-electron chi connectivity index (χ1n) is 4.35. The van der Waals surface area contributed by atoms with Gasteiger partial charge in [0.1, 0.15) is 13.2 Å². The van der Waals surface area contributed by atoms with Crippen LogP contribution in [0.25, 0.3) is 0 Å². The van der Waals surface area contributed by atoms with Crippen LogP contribution in [0.15, 0.2) is 18.2 Å². The molecule has 0 N–H and O–H groups in total. The molecule has 0 saturated carbocycles. The zero-order valence-corrected chi connectivity index (χ0v) is 7.72. The largest absolute Gasteiger partial charge is 0.486 e. The van der Waals surface area contributed by atoms with E-state index < -0.39 is 5.92 Å². The maximum absolute atomic E-state index is 12.9. The molecular formula is C10H10F2O2. The molecule has 0 unspecified atom stereocenters. The standard InChI is InChI=1S/C10H10F2O2/c1-10(11,12)7-2-3-8-9(6-7)14-5-4-13-8/h2-3,6H,4-5H2,1H3. The summed E-state index contributed by atoms with van der Waals surface area (Å²) >= 11 is 0. The molecular weight excluding hydrogens is 190 g/mol. The monoisotopic (exact) mass is 200 g/mol. The molecule has 0 aromatic heterocycles. The van der Waals surface area contributed by atoms with E-state index in [4.69, 9.17) is 9.47 Å². The number of ether oxygens (including phenoxy) is 2.